The number of halogens is 4. The number of nitrogens with zero attached hydrogens (tertiary/aromatic N) is 1. The van der Waals surface area contributed by atoms with Crippen molar-refractivity contribution in [2.45, 2.75) is 25.7 Å². The van der Waals surface area contributed by atoms with Crippen LogP contribution in [-0.2, 0) is 0 Å². The summed E-state index contributed by atoms with van der Waals surface area (Å²) >= 11 is 24.1. The highest BCUT2D eigenvalue weighted by Crippen LogP contribution is 2.33. The molecule has 24 heavy (non-hydrogen) atoms. The second-order valence-corrected chi connectivity index (χ2v) is 7.06. The van der Waals surface area contributed by atoms with Gasteiger partial charge < -0.3 is 4.74 Å². The van der Waals surface area contributed by atoms with Gasteiger partial charge in [-0.2, -0.15) is 5.26 Å². The SMILES string of the molecule is Cc1cc(Cl)cc(Cl)c1OCCCC(C#N)c1ccc(Cl)cc1Cl. The summed E-state index contributed by atoms with van der Waals surface area (Å²) in [6.45, 7) is 2.34. The molecule has 0 N–H and O–H groups in total. The summed E-state index contributed by atoms with van der Waals surface area (Å²) in [6, 6.07) is 10.9. The molecule has 6 heteroatoms. The van der Waals surface area contributed by atoms with E-state index in [2.05, 4.69) is 6.07 Å². The minimum absolute atomic E-state index is 0.305. The van der Waals surface area contributed by atoms with Crippen molar-refractivity contribution >= 4 is 46.4 Å². The summed E-state index contributed by atoms with van der Waals surface area (Å²) in [7, 11) is 0. The lowest BCUT2D eigenvalue weighted by Gasteiger charge is -2.14. The molecule has 2 nitrogen and oxygen atoms in total. The first-order valence-corrected chi connectivity index (χ1v) is 8.86. The molecule has 0 aliphatic carbocycles. The summed E-state index contributed by atoms with van der Waals surface area (Å²) < 4.78 is 5.75. The van der Waals surface area contributed by atoms with Crippen LogP contribution in [0.4, 0.5) is 0 Å². The number of hydrogen-bond donors (Lipinski definition) is 0. The third kappa shape index (κ3) is 4.94. The summed E-state index contributed by atoms with van der Waals surface area (Å²) in [5.74, 6) is 0.319. The Kier molecular flexibility index (Phi) is 7.07. The molecule has 2 aromatic carbocycles. The Morgan fingerprint density at radius 3 is 2.38 bits per heavy atom. The van der Waals surface area contributed by atoms with E-state index in [0.717, 1.165) is 11.1 Å². The van der Waals surface area contributed by atoms with Crippen LogP contribution in [0, 0.1) is 18.3 Å². The second kappa shape index (κ2) is 8.83. The van der Waals surface area contributed by atoms with Gasteiger partial charge in [0.05, 0.1) is 23.6 Å². The number of hydrogen-bond acceptors (Lipinski definition) is 2. The van der Waals surface area contributed by atoms with Gasteiger partial charge in [0.1, 0.15) is 5.75 Å². The van der Waals surface area contributed by atoms with Crippen molar-refractivity contribution < 1.29 is 4.74 Å². The lowest BCUT2D eigenvalue weighted by atomic mass is 9.96. The molecule has 0 aliphatic heterocycles. The fraction of sp³-hybridized carbons (Fsp3) is 0.278. The maximum Gasteiger partial charge on any atom is 0.140 e. The normalized spacial score (nSPS) is 11.8. The van der Waals surface area contributed by atoms with Crippen molar-refractivity contribution in [3.05, 3.63) is 61.5 Å². The van der Waals surface area contributed by atoms with Crippen molar-refractivity contribution in [2.24, 2.45) is 0 Å². The van der Waals surface area contributed by atoms with Crippen LogP contribution in [0.15, 0.2) is 30.3 Å². The minimum atomic E-state index is -0.305. The summed E-state index contributed by atoms with van der Waals surface area (Å²) in [5.41, 5.74) is 1.66. The number of nitriles is 1. The molecule has 2 rings (SSSR count). The standard InChI is InChI=1S/C18H15Cl4NO/c1-11-7-14(20)9-17(22)18(11)24-6-2-3-12(10-23)15-5-4-13(19)8-16(15)21/h4-5,7-9,12H,2-3,6H2,1H3. The van der Waals surface area contributed by atoms with Crippen LogP contribution in [0.2, 0.25) is 20.1 Å². The fourth-order valence-corrected chi connectivity index (χ4v) is 3.60. The monoisotopic (exact) mass is 401 g/mol. The Morgan fingerprint density at radius 1 is 1.04 bits per heavy atom. The highest BCUT2D eigenvalue weighted by atomic mass is 35.5. The van der Waals surface area contributed by atoms with Crippen molar-refractivity contribution in [3.63, 3.8) is 0 Å². The largest absolute Gasteiger partial charge is 0.492 e. The Morgan fingerprint density at radius 2 is 1.75 bits per heavy atom. The minimum Gasteiger partial charge on any atom is -0.492 e. The first kappa shape index (κ1) is 19.2. The number of aryl methyl sites for hydroxylation is 1. The Bertz CT molecular complexity index is 747. The van der Waals surface area contributed by atoms with Gasteiger partial charge >= 0.3 is 0 Å². The number of benzene rings is 2. The van der Waals surface area contributed by atoms with Gasteiger partial charge in [0, 0.05) is 15.1 Å². The highest BCUT2D eigenvalue weighted by molar-refractivity contribution is 6.36. The molecule has 1 atom stereocenters. The molecule has 0 fully saturated rings. The second-order valence-electron chi connectivity index (χ2n) is 5.37. The smallest absolute Gasteiger partial charge is 0.140 e. The van der Waals surface area contributed by atoms with E-state index in [0.29, 0.717) is 45.3 Å². The van der Waals surface area contributed by atoms with E-state index in [-0.39, 0.29) is 5.92 Å². The maximum absolute atomic E-state index is 9.39. The van der Waals surface area contributed by atoms with Crippen molar-refractivity contribution in [1.29, 1.82) is 5.26 Å². The van der Waals surface area contributed by atoms with Crippen LogP contribution >= 0.6 is 46.4 Å². The molecule has 1 unspecified atom stereocenters. The van der Waals surface area contributed by atoms with E-state index in [1.54, 1.807) is 30.3 Å². The van der Waals surface area contributed by atoms with Gasteiger partial charge in [-0.3, -0.25) is 0 Å². The molecule has 0 aliphatic rings. The predicted octanol–water partition coefficient (Wildman–Crippen LogP) is 7.08. The Hall–Kier alpha value is -1.11. The van der Waals surface area contributed by atoms with Crippen LogP contribution in [0.1, 0.15) is 29.9 Å². The van der Waals surface area contributed by atoms with E-state index < -0.39 is 0 Å². The molecule has 0 amide bonds. The van der Waals surface area contributed by atoms with Gasteiger partial charge in [0.2, 0.25) is 0 Å². The van der Waals surface area contributed by atoms with E-state index in [1.807, 2.05) is 6.92 Å². The lowest BCUT2D eigenvalue weighted by molar-refractivity contribution is 0.303. The highest BCUT2D eigenvalue weighted by Gasteiger charge is 2.15. The van der Waals surface area contributed by atoms with Gasteiger partial charge in [-0.05, 0) is 55.2 Å². The first-order chi connectivity index (χ1) is 11.4. The van der Waals surface area contributed by atoms with Crippen molar-refractivity contribution in [2.75, 3.05) is 6.61 Å². The molecule has 0 spiro atoms. The maximum atomic E-state index is 9.39. The van der Waals surface area contributed by atoms with Gasteiger partial charge in [-0.15, -0.1) is 0 Å². The first-order valence-electron chi connectivity index (χ1n) is 7.35. The zero-order valence-corrected chi connectivity index (χ0v) is 16.0. The molecule has 0 saturated heterocycles. The van der Waals surface area contributed by atoms with Crippen LogP contribution in [-0.4, -0.2) is 6.61 Å². The lowest BCUT2D eigenvalue weighted by Crippen LogP contribution is -2.03. The Balaban J connectivity index is 1.95. The van der Waals surface area contributed by atoms with Crippen molar-refractivity contribution in [1.82, 2.24) is 0 Å². The molecule has 2 aromatic rings. The predicted molar refractivity (Wildman–Crippen MR) is 101 cm³/mol. The van der Waals surface area contributed by atoms with E-state index in [9.17, 15) is 5.26 Å². The zero-order chi connectivity index (χ0) is 17.7. The third-order valence-corrected chi connectivity index (χ3v) is 4.63. The molecule has 0 heterocycles. The summed E-state index contributed by atoms with van der Waals surface area (Å²) in [4.78, 5) is 0. The van der Waals surface area contributed by atoms with Gasteiger partial charge in [0.15, 0.2) is 0 Å². The average Bonchev–Trinajstić information content (AvgIpc) is 2.50. The zero-order valence-electron chi connectivity index (χ0n) is 13.0. The van der Waals surface area contributed by atoms with E-state index >= 15 is 0 Å². The van der Waals surface area contributed by atoms with Crippen LogP contribution in [0.5, 0.6) is 5.75 Å². The summed E-state index contributed by atoms with van der Waals surface area (Å²) in [5, 5.41) is 11.5. The fourth-order valence-electron chi connectivity index (χ4n) is 2.41. The van der Waals surface area contributed by atoms with Crippen LogP contribution in [0.25, 0.3) is 0 Å². The van der Waals surface area contributed by atoms with Gasteiger partial charge in [-0.1, -0.05) is 52.5 Å². The van der Waals surface area contributed by atoms with Crippen LogP contribution < -0.4 is 4.74 Å². The molecule has 0 saturated carbocycles. The van der Waals surface area contributed by atoms with Gasteiger partial charge in [-0.25, -0.2) is 0 Å². The topological polar surface area (TPSA) is 33.0 Å². The molecular weight excluding hydrogens is 388 g/mol. The Labute approximate surface area is 161 Å². The van der Waals surface area contributed by atoms with Crippen molar-refractivity contribution in [3.8, 4) is 11.8 Å². The molecule has 0 aromatic heterocycles. The number of ether oxygens (including phenoxy) is 1. The van der Waals surface area contributed by atoms with E-state index in [4.69, 9.17) is 51.1 Å². The quantitative estimate of drug-likeness (QED) is 0.483. The third-order valence-electron chi connectivity index (χ3n) is 3.57. The molecule has 126 valence electrons. The molecular formula is C18H15Cl4NO. The molecule has 0 radical (unpaired) electrons. The molecule has 0 bridgehead atoms. The van der Waals surface area contributed by atoms with Gasteiger partial charge in [0.25, 0.3) is 0 Å². The average molecular weight is 403 g/mol. The number of rotatable bonds is 6. The summed E-state index contributed by atoms with van der Waals surface area (Å²) in [6.07, 6.45) is 1.32. The van der Waals surface area contributed by atoms with Crippen LogP contribution in [0.3, 0.4) is 0 Å². The van der Waals surface area contributed by atoms with E-state index in [1.165, 1.54) is 0 Å².